The molecular formula is C22H23BrClN5O2. The molecule has 31 heavy (non-hydrogen) atoms. The number of rotatable bonds is 6. The van der Waals surface area contributed by atoms with Gasteiger partial charge < -0.3 is 20.1 Å². The molecular weight excluding hydrogens is 482 g/mol. The molecule has 1 aliphatic heterocycles. The Hall–Kier alpha value is -2.60. The number of anilines is 2. The quantitative estimate of drug-likeness (QED) is 0.470. The normalized spacial score (nSPS) is 15.4. The Balaban J connectivity index is 0.00000272. The van der Waals surface area contributed by atoms with Crippen LogP contribution in [-0.2, 0) is 6.54 Å². The highest BCUT2D eigenvalue weighted by Gasteiger charge is 2.25. The van der Waals surface area contributed by atoms with Crippen molar-refractivity contribution in [1.29, 1.82) is 0 Å². The van der Waals surface area contributed by atoms with Crippen LogP contribution in [0, 0.1) is 12.5 Å². The summed E-state index contributed by atoms with van der Waals surface area (Å²) >= 11 is 3.51. The van der Waals surface area contributed by atoms with Crippen LogP contribution in [0.15, 0.2) is 40.9 Å². The lowest BCUT2D eigenvalue weighted by Crippen LogP contribution is -2.22. The van der Waals surface area contributed by atoms with Gasteiger partial charge in [-0.25, -0.2) is 4.85 Å². The molecule has 1 aromatic heterocycles. The molecule has 3 aromatic rings. The highest BCUT2D eigenvalue weighted by molar-refractivity contribution is 9.10. The smallest absolute Gasteiger partial charge is 0.188 e. The minimum Gasteiger partial charge on any atom is -0.496 e. The molecule has 1 aliphatic rings. The summed E-state index contributed by atoms with van der Waals surface area (Å²) in [5.74, 6) is 2.48. The molecule has 1 unspecified atom stereocenters. The molecule has 0 amide bonds. The van der Waals surface area contributed by atoms with Crippen LogP contribution in [0.4, 0.5) is 17.3 Å². The zero-order valence-corrected chi connectivity index (χ0v) is 19.4. The average Bonchev–Trinajstić information content (AvgIpc) is 3.26. The third kappa shape index (κ3) is 4.85. The van der Waals surface area contributed by atoms with Gasteiger partial charge >= 0.3 is 0 Å². The first kappa shape index (κ1) is 23.1. The Morgan fingerprint density at radius 2 is 2.10 bits per heavy atom. The van der Waals surface area contributed by atoms with Crippen LogP contribution in [0.2, 0.25) is 0 Å². The van der Waals surface area contributed by atoms with E-state index in [1.54, 1.807) is 7.11 Å². The van der Waals surface area contributed by atoms with E-state index in [1.807, 2.05) is 36.4 Å². The Bertz CT molecular complexity index is 1120. The van der Waals surface area contributed by atoms with Crippen molar-refractivity contribution in [2.45, 2.75) is 13.0 Å². The van der Waals surface area contributed by atoms with Gasteiger partial charge in [0.1, 0.15) is 5.75 Å². The second-order valence-corrected chi connectivity index (χ2v) is 8.17. The largest absolute Gasteiger partial charge is 0.496 e. The van der Waals surface area contributed by atoms with Gasteiger partial charge in [0, 0.05) is 42.9 Å². The predicted molar refractivity (Wildman–Crippen MR) is 128 cm³/mol. The molecule has 1 saturated heterocycles. The van der Waals surface area contributed by atoms with Gasteiger partial charge in [0.25, 0.3) is 0 Å². The van der Waals surface area contributed by atoms with E-state index >= 15 is 0 Å². The first-order valence-corrected chi connectivity index (χ1v) is 10.5. The summed E-state index contributed by atoms with van der Waals surface area (Å²) in [7, 11) is 1.64. The number of ether oxygens (including phenoxy) is 1. The first-order chi connectivity index (χ1) is 14.6. The van der Waals surface area contributed by atoms with Crippen molar-refractivity contribution in [1.82, 2.24) is 10.2 Å². The predicted octanol–water partition coefficient (Wildman–Crippen LogP) is 4.80. The number of fused-ring (bicyclic) bond motifs is 1. The fraction of sp³-hybridized carbons (Fsp3) is 0.318. The summed E-state index contributed by atoms with van der Waals surface area (Å²) in [4.78, 5) is 5.74. The highest BCUT2D eigenvalue weighted by Crippen LogP contribution is 2.34. The number of halogens is 2. The minimum atomic E-state index is 0. The van der Waals surface area contributed by atoms with Crippen molar-refractivity contribution >= 4 is 56.4 Å². The van der Waals surface area contributed by atoms with Gasteiger partial charge in [0.15, 0.2) is 17.3 Å². The van der Waals surface area contributed by atoms with Crippen molar-refractivity contribution in [3.05, 3.63) is 57.9 Å². The van der Waals surface area contributed by atoms with Crippen molar-refractivity contribution in [2.75, 3.05) is 37.0 Å². The third-order valence-electron chi connectivity index (χ3n) is 5.39. The molecule has 1 atom stereocenters. The van der Waals surface area contributed by atoms with Crippen molar-refractivity contribution in [2.24, 2.45) is 5.92 Å². The standard InChI is InChI=1S/C22H22BrN5O2.ClH/c1-24-16-4-5-17-18(10-16)21(25-11-14-3-6-20(30-2)19(23)9-14)26-27-22(17)28-8-7-15(12-28)13-29;/h3-6,9-10,15,29H,7-8,11-13H2,2H3,(H,25,26);1H. The Morgan fingerprint density at radius 3 is 2.77 bits per heavy atom. The van der Waals surface area contributed by atoms with Crippen LogP contribution in [0.3, 0.4) is 0 Å². The fourth-order valence-electron chi connectivity index (χ4n) is 3.74. The Morgan fingerprint density at radius 1 is 1.26 bits per heavy atom. The third-order valence-corrected chi connectivity index (χ3v) is 6.01. The second-order valence-electron chi connectivity index (χ2n) is 7.32. The zero-order valence-electron chi connectivity index (χ0n) is 17.0. The molecule has 2 heterocycles. The molecule has 0 bridgehead atoms. The minimum absolute atomic E-state index is 0. The lowest BCUT2D eigenvalue weighted by Gasteiger charge is -2.20. The maximum atomic E-state index is 9.47. The molecule has 2 aromatic carbocycles. The van der Waals surface area contributed by atoms with Crippen LogP contribution in [-0.4, -0.2) is 42.1 Å². The molecule has 0 spiro atoms. The molecule has 0 radical (unpaired) electrons. The van der Waals surface area contributed by atoms with E-state index in [9.17, 15) is 5.11 Å². The summed E-state index contributed by atoms with van der Waals surface area (Å²) in [5.41, 5.74) is 1.62. The van der Waals surface area contributed by atoms with E-state index in [0.29, 0.717) is 18.1 Å². The molecule has 4 rings (SSSR count). The monoisotopic (exact) mass is 503 g/mol. The van der Waals surface area contributed by atoms with Gasteiger partial charge in [-0.2, -0.15) is 0 Å². The van der Waals surface area contributed by atoms with E-state index in [0.717, 1.165) is 51.9 Å². The molecule has 7 nitrogen and oxygen atoms in total. The lowest BCUT2D eigenvalue weighted by atomic mass is 10.1. The van der Waals surface area contributed by atoms with E-state index in [1.165, 1.54) is 0 Å². The molecule has 0 aliphatic carbocycles. The van der Waals surface area contributed by atoms with Gasteiger partial charge in [0.2, 0.25) is 0 Å². The number of nitrogens with one attached hydrogen (secondary N) is 1. The Labute approximate surface area is 195 Å². The summed E-state index contributed by atoms with van der Waals surface area (Å²) < 4.78 is 6.17. The van der Waals surface area contributed by atoms with Crippen LogP contribution in [0.5, 0.6) is 5.75 Å². The summed E-state index contributed by atoms with van der Waals surface area (Å²) in [6.45, 7) is 9.72. The van der Waals surface area contributed by atoms with Crippen molar-refractivity contribution in [3.8, 4) is 5.75 Å². The first-order valence-electron chi connectivity index (χ1n) is 9.73. The molecule has 0 saturated carbocycles. The number of hydrogen-bond acceptors (Lipinski definition) is 6. The van der Waals surface area contributed by atoms with Gasteiger partial charge in [-0.05, 0) is 46.1 Å². The van der Waals surface area contributed by atoms with Gasteiger partial charge in [-0.15, -0.1) is 22.6 Å². The summed E-state index contributed by atoms with van der Waals surface area (Å²) in [6, 6.07) is 11.5. The van der Waals surface area contributed by atoms with Gasteiger partial charge in [0.05, 0.1) is 18.2 Å². The van der Waals surface area contributed by atoms with E-state index < -0.39 is 0 Å². The second kappa shape index (κ2) is 10.1. The van der Waals surface area contributed by atoms with E-state index in [4.69, 9.17) is 11.3 Å². The van der Waals surface area contributed by atoms with Crippen molar-refractivity contribution in [3.63, 3.8) is 0 Å². The number of methoxy groups -OCH3 is 1. The maximum absolute atomic E-state index is 9.47. The maximum Gasteiger partial charge on any atom is 0.188 e. The van der Waals surface area contributed by atoms with Crippen LogP contribution in [0.25, 0.3) is 15.6 Å². The zero-order chi connectivity index (χ0) is 21.1. The number of benzene rings is 2. The highest BCUT2D eigenvalue weighted by atomic mass is 79.9. The lowest BCUT2D eigenvalue weighted by molar-refractivity contribution is 0.238. The van der Waals surface area contributed by atoms with E-state index in [-0.39, 0.29) is 24.9 Å². The average molecular weight is 505 g/mol. The molecule has 9 heteroatoms. The van der Waals surface area contributed by atoms with Crippen LogP contribution in [0.1, 0.15) is 12.0 Å². The number of aromatic nitrogens is 2. The topological polar surface area (TPSA) is 74.9 Å². The molecule has 162 valence electrons. The number of hydrogen-bond donors (Lipinski definition) is 2. The molecule has 1 fully saturated rings. The SMILES string of the molecule is Cl.[C-]#[N+]c1ccc2c(N3CCC(CO)C3)nnc(NCc3ccc(OC)c(Br)c3)c2c1. The van der Waals surface area contributed by atoms with Crippen molar-refractivity contribution < 1.29 is 9.84 Å². The number of aliphatic hydroxyl groups is 1. The summed E-state index contributed by atoms with van der Waals surface area (Å²) in [6.07, 6.45) is 0.937. The van der Waals surface area contributed by atoms with Crippen LogP contribution < -0.4 is 15.0 Å². The van der Waals surface area contributed by atoms with Crippen LogP contribution >= 0.6 is 28.3 Å². The molecule has 2 N–H and O–H groups in total. The van der Waals surface area contributed by atoms with E-state index in [2.05, 4.69) is 41.2 Å². The summed E-state index contributed by atoms with van der Waals surface area (Å²) in [5, 5.41) is 23.6. The fourth-order valence-corrected chi connectivity index (χ4v) is 4.33. The van der Waals surface area contributed by atoms with Gasteiger partial charge in [-0.3, -0.25) is 0 Å². The number of nitrogens with zero attached hydrogens (tertiary/aromatic N) is 4. The Kier molecular flexibility index (Phi) is 7.55. The number of aliphatic hydroxyl groups excluding tert-OH is 1. The van der Waals surface area contributed by atoms with Gasteiger partial charge in [-0.1, -0.05) is 18.2 Å².